The number of aryl methyl sites for hydroxylation is 2. The topological polar surface area (TPSA) is 66.2 Å². The van der Waals surface area contributed by atoms with Crippen molar-refractivity contribution in [1.29, 1.82) is 0 Å². The van der Waals surface area contributed by atoms with E-state index in [-0.39, 0.29) is 5.97 Å². The Kier molecular flexibility index (Phi) is 6.03. The van der Waals surface area contributed by atoms with Crippen LogP contribution in [0.3, 0.4) is 0 Å². The van der Waals surface area contributed by atoms with Gasteiger partial charge < -0.3 is 9.47 Å². The first-order chi connectivity index (χ1) is 15.5. The summed E-state index contributed by atoms with van der Waals surface area (Å²) in [6.45, 7) is 4.11. The highest BCUT2D eigenvalue weighted by atomic mass is 16.5. The number of carbonyl (C=O) groups is 1. The molecular weight excluding hydrogens is 402 g/mol. The lowest BCUT2D eigenvalue weighted by Gasteiger charge is -2.13. The second-order valence-corrected chi connectivity index (χ2v) is 7.58. The molecule has 4 rings (SSSR count). The van der Waals surface area contributed by atoms with Gasteiger partial charge in [0.1, 0.15) is 5.75 Å². The summed E-state index contributed by atoms with van der Waals surface area (Å²) in [5, 5.41) is 5.22. The molecule has 4 aromatic rings. The lowest BCUT2D eigenvalue weighted by Crippen LogP contribution is -2.02. The van der Waals surface area contributed by atoms with E-state index in [9.17, 15) is 4.79 Å². The zero-order valence-electron chi connectivity index (χ0n) is 18.6. The quantitative estimate of drug-likeness (QED) is 0.322. The standard InChI is InChI=1S/C26H25N3O3/c1-5-32-26(30)13-24(19-8-17(2)9-23(12-19)31-4)18-6-7-25-20(10-18)11-21(14-27-25)22-15-28-29(3)16-22/h6-16H,5H2,1-4H3/b24-13+. The molecular formula is C26H25N3O3. The average Bonchev–Trinajstić information content (AvgIpc) is 3.22. The lowest BCUT2D eigenvalue weighted by molar-refractivity contribution is -0.137. The summed E-state index contributed by atoms with van der Waals surface area (Å²) in [4.78, 5) is 17.0. The number of pyridine rings is 1. The number of benzene rings is 2. The Hall–Kier alpha value is -3.93. The molecule has 0 unspecified atom stereocenters. The molecule has 0 amide bonds. The number of hydrogen-bond donors (Lipinski definition) is 0. The summed E-state index contributed by atoms with van der Waals surface area (Å²) in [5.41, 5.74) is 6.43. The van der Waals surface area contributed by atoms with E-state index in [1.807, 2.05) is 69.0 Å². The molecule has 162 valence electrons. The van der Waals surface area contributed by atoms with E-state index in [4.69, 9.17) is 9.47 Å². The van der Waals surface area contributed by atoms with Crippen LogP contribution in [-0.2, 0) is 16.6 Å². The van der Waals surface area contributed by atoms with Gasteiger partial charge in [-0.15, -0.1) is 0 Å². The number of fused-ring (bicyclic) bond motifs is 1. The van der Waals surface area contributed by atoms with Gasteiger partial charge in [0.25, 0.3) is 0 Å². The molecule has 6 heteroatoms. The predicted octanol–water partition coefficient (Wildman–Crippen LogP) is 4.95. The van der Waals surface area contributed by atoms with Gasteiger partial charge in [0.05, 0.1) is 25.4 Å². The largest absolute Gasteiger partial charge is 0.497 e. The average molecular weight is 428 g/mol. The Bertz CT molecular complexity index is 1320. The molecule has 0 spiro atoms. The highest BCUT2D eigenvalue weighted by Gasteiger charge is 2.12. The van der Waals surface area contributed by atoms with Crippen molar-refractivity contribution < 1.29 is 14.3 Å². The zero-order valence-corrected chi connectivity index (χ0v) is 18.6. The molecule has 6 nitrogen and oxygen atoms in total. The predicted molar refractivity (Wildman–Crippen MR) is 125 cm³/mol. The van der Waals surface area contributed by atoms with Gasteiger partial charge in [0.15, 0.2) is 0 Å². The van der Waals surface area contributed by atoms with E-state index >= 15 is 0 Å². The Morgan fingerprint density at radius 3 is 2.62 bits per heavy atom. The van der Waals surface area contributed by atoms with Gasteiger partial charge in [0, 0.05) is 42.0 Å². The molecule has 0 fully saturated rings. The van der Waals surface area contributed by atoms with Gasteiger partial charge in [-0.25, -0.2) is 4.79 Å². The fourth-order valence-corrected chi connectivity index (χ4v) is 3.68. The number of esters is 1. The van der Waals surface area contributed by atoms with Gasteiger partial charge >= 0.3 is 5.97 Å². The number of nitrogens with zero attached hydrogens (tertiary/aromatic N) is 3. The number of carbonyl (C=O) groups excluding carboxylic acids is 1. The molecule has 0 atom stereocenters. The normalized spacial score (nSPS) is 11.6. The van der Waals surface area contributed by atoms with Crippen LogP contribution in [0.15, 0.2) is 67.1 Å². The first kappa shape index (κ1) is 21.3. The van der Waals surface area contributed by atoms with Crippen LogP contribution in [0.1, 0.15) is 23.6 Å². The molecule has 32 heavy (non-hydrogen) atoms. The minimum atomic E-state index is -0.384. The molecule has 0 aliphatic rings. The highest BCUT2D eigenvalue weighted by molar-refractivity contribution is 5.98. The number of methoxy groups -OCH3 is 1. The van der Waals surface area contributed by atoms with Crippen LogP contribution in [0.5, 0.6) is 5.75 Å². The van der Waals surface area contributed by atoms with Crippen LogP contribution < -0.4 is 4.74 Å². The number of ether oxygens (including phenoxy) is 2. The number of rotatable bonds is 6. The van der Waals surface area contributed by atoms with Crippen molar-refractivity contribution in [1.82, 2.24) is 14.8 Å². The van der Waals surface area contributed by atoms with Gasteiger partial charge in [-0.1, -0.05) is 12.1 Å². The van der Waals surface area contributed by atoms with E-state index < -0.39 is 0 Å². The van der Waals surface area contributed by atoms with E-state index in [2.05, 4.69) is 16.1 Å². The van der Waals surface area contributed by atoms with Crippen molar-refractivity contribution in [2.45, 2.75) is 13.8 Å². The summed E-state index contributed by atoms with van der Waals surface area (Å²) < 4.78 is 12.4. The van der Waals surface area contributed by atoms with Crippen LogP contribution in [0, 0.1) is 6.92 Å². The third kappa shape index (κ3) is 4.54. The van der Waals surface area contributed by atoms with Crippen molar-refractivity contribution in [3.8, 4) is 16.9 Å². The maximum absolute atomic E-state index is 12.4. The Morgan fingerprint density at radius 2 is 1.91 bits per heavy atom. The van der Waals surface area contributed by atoms with Crippen molar-refractivity contribution in [3.05, 3.63) is 83.8 Å². The maximum Gasteiger partial charge on any atom is 0.331 e. The monoisotopic (exact) mass is 427 g/mol. The summed E-state index contributed by atoms with van der Waals surface area (Å²) in [6, 6.07) is 14.0. The first-order valence-corrected chi connectivity index (χ1v) is 10.4. The van der Waals surface area contributed by atoms with Gasteiger partial charge in [-0.2, -0.15) is 5.10 Å². The minimum absolute atomic E-state index is 0.315. The summed E-state index contributed by atoms with van der Waals surface area (Å²) in [5.74, 6) is 0.349. The van der Waals surface area contributed by atoms with Crippen LogP contribution in [0.25, 0.3) is 27.6 Å². The molecule has 0 N–H and O–H groups in total. The SMILES string of the molecule is CCOC(=O)/C=C(/c1cc(C)cc(OC)c1)c1ccc2ncc(-c3cnn(C)c3)cc2c1. The minimum Gasteiger partial charge on any atom is -0.497 e. The second-order valence-electron chi connectivity index (χ2n) is 7.58. The van der Waals surface area contributed by atoms with Crippen molar-refractivity contribution in [2.75, 3.05) is 13.7 Å². The van der Waals surface area contributed by atoms with Crippen molar-refractivity contribution in [3.63, 3.8) is 0 Å². The molecule has 0 aliphatic heterocycles. The third-order valence-corrected chi connectivity index (χ3v) is 5.18. The Morgan fingerprint density at radius 1 is 1.06 bits per heavy atom. The molecule has 0 bridgehead atoms. The summed E-state index contributed by atoms with van der Waals surface area (Å²) in [6.07, 6.45) is 7.16. The molecule has 0 saturated carbocycles. The van der Waals surface area contributed by atoms with E-state index in [0.29, 0.717) is 6.61 Å². The molecule has 0 saturated heterocycles. The number of aromatic nitrogens is 3. The molecule has 0 aliphatic carbocycles. The van der Waals surface area contributed by atoms with Crippen molar-refractivity contribution in [2.24, 2.45) is 7.05 Å². The van der Waals surface area contributed by atoms with E-state index in [0.717, 1.165) is 50.0 Å². The first-order valence-electron chi connectivity index (χ1n) is 10.4. The van der Waals surface area contributed by atoms with Gasteiger partial charge in [-0.3, -0.25) is 9.67 Å². The zero-order chi connectivity index (χ0) is 22.7. The van der Waals surface area contributed by atoms with Gasteiger partial charge in [-0.05, 0) is 66.4 Å². The van der Waals surface area contributed by atoms with Gasteiger partial charge in [0.2, 0.25) is 0 Å². The van der Waals surface area contributed by atoms with E-state index in [1.54, 1.807) is 18.7 Å². The second kappa shape index (κ2) is 9.06. The lowest BCUT2D eigenvalue weighted by atomic mass is 9.94. The van der Waals surface area contributed by atoms with Crippen LogP contribution >= 0.6 is 0 Å². The molecule has 2 aromatic heterocycles. The number of hydrogen-bond acceptors (Lipinski definition) is 5. The fourth-order valence-electron chi connectivity index (χ4n) is 3.68. The third-order valence-electron chi connectivity index (χ3n) is 5.18. The highest BCUT2D eigenvalue weighted by Crippen LogP contribution is 2.31. The van der Waals surface area contributed by atoms with E-state index in [1.165, 1.54) is 6.08 Å². The van der Waals surface area contributed by atoms with Crippen LogP contribution in [0.2, 0.25) is 0 Å². The van der Waals surface area contributed by atoms with Crippen molar-refractivity contribution >= 4 is 22.4 Å². The summed E-state index contributed by atoms with van der Waals surface area (Å²) in [7, 11) is 3.52. The molecule has 0 radical (unpaired) electrons. The maximum atomic E-state index is 12.4. The fraction of sp³-hybridized carbons (Fsp3) is 0.192. The van der Waals surface area contributed by atoms with Crippen LogP contribution in [-0.4, -0.2) is 34.5 Å². The molecule has 2 heterocycles. The Labute approximate surface area is 187 Å². The molecule has 2 aromatic carbocycles. The van der Waals surface area contributed by atoms with Crippen LogP contribution in [0.4, 0.5) is 0 Å². The summed E-state index contributed by atoms with van der Waals surface area (Å²) >= 11 is 0. The smallest absolute Gasteiger partial charge is 0.331 e. The Balaban J connectivity index is 1.85.